The third-order valence-electron chi connectivity index (χ3n) is 4.89. The first-order valence-electron chi connectivity index (χ1n) is 10.1. The second-order valence-electron chi connectivity index (χ2n) is 7.19. The van der Waals surface area contributed by atoms with Crippen molar-refractivity contribution in [2.75, 3.05) is 6.61 Å². The van der Waals surface area contributed by atoms with E-state index < -0.39 is 6.04 Å². The Morgan fingerprint density at radius 3 is 2.83 bits per heavy atom. The van der Waals surface area contributed by atoms with Crippen LogP contribution in [-0.2, 0) is 4.79 Å². The number of rotatable bonds is 9. The van der Waals surface area contributed by atoms with Crippen LogP contribution in [0.4, 0.5) is 0 Å². The van der Waals surface area contributed by atoms with E-state index in [1.165, 1.54) is 19.1 Å². The van der Waals surface area contributed by atoms with Crippen LogP contribution in [0.15, 0.2) is 52.0 Å². The second kappa shape index (κ2) is 11.1. The highest BCUT2D eigenvalue weighted by molar-refractivity contribution is 9.10. The second-order valence-corrected chi connectivity index (χ2v) is 8.11. The minimum absolute atomic E-state index is 0.0213. The number of nitrogens with one attached hydrogen (secondary N) is 3. The molecule has 0 aromatic heterocycles. The number of aromatic hydroxyl groups is 1. The first-order chi connectivity index (χ1) is 14.6. The minimum Gasteiger partial charge on any atom is -0.507 e. The lowest BCUT2D eigenvalue weighted by atomic mass is 10.0. The number of hydrogen-bond donors (Lipinski definition) is 4. The summed E-state index contributed by atoms with van der Waals surface area (Å²) >= 11 is 3.34. The van der Waals surface area contributed by atoms with E-state index in [1.54, 1.807) is 18.2 Å². The van der Waals surface area contributed by atoms with Crippen LogP contribution in [0.1, 0.15) is 49.8 Å². The molecule has 8 heteroatoms. The summed E-state index contributed by atoms with van der Waals surface area (Å²) in [6.07, 6.45) is 5.42. The Bertz CT molecular complexity index is 873. The number of benzene rings is 2. The summed E-state index contributed by atoms with van der Waals surface area (Å²) in [4.78, 5) is 12.4. The molecule has 1 saturated heterocycles. The molecule has 0 spiro atoms. The van der Waals surface area contributed by atoms with E-state index in [0.29, 0.717) is 12.0 Å². The third-order valence-corrected chi connectivity index (χ3v) is 5.38. The van der Waals surface area contributed by atoms with Crippen molar-refractivity contribution in [2.45, 2.75) is 44.7 Å². The van der Waals surface area contributed by atoms with Gasteiger partial charge < -0.3 is 9.84 Å². The van der Waals surface area contributed by atoms with Gasteiger partial charge in [-0.15, -0.1) is 0 Å². The summed E-state index contributed by atoms with van der Waals surface area (Å²) in [5.41, 5.74) is 10.3. The van der Waals surface area contributed by atoms with Gasteiger partial charge in [0.25, 0.3) is 5.91 Å². The SMILES string of the molecule is CCCCCOc1ccc(C2CC(C(=O)N/N=C/c3cc(Br)ccc3O)NN2)cc1. The number of hydrazone groups is 1. The number of ether oxygens (including phenoxy) is 1. The zero-order valence-electron chi connectivity index (χ0n) is 16.9. The van der Waals surface area contributed by atoms with Crippen molar-refractivity contribution < 1.29 is 14.6 Å². The van der Waals surface area contributed by atoms with Crippen LogP contribution < -0.4 is 21.0 Å². The predicted molar refractivity (Wildman–Crippen MR) is 120 cm³/mol. The first-order valence-corrected chi connectivity index (χ1v) is 10.9. The Hall–Kier alpha value is -2.42. The van der Waals surface area contributed by atoms with Gasteiger partial charge in [-0.1, -0.05) is 47.8 Å². The lowest BCUT2D eigenvalue weighted by Crippen LogP contribution is -2.41. The number of carbonyl (C=O) groups is 1. The van der Waals surface area contributed by atoms with E-state index in [2.05, 4.69) is 44.2 Å². The minimum atomic E-state index is -0.409. The molecule has 2 aromatic rings. The van der Waals surface area contributed by atoms with Gasteiger partial charge in [0.1, 0.15) is 17.5 Å². The Morgan fingerprint density at radius 1 is 1.27 bits per heavy atom. The molecule has 3 rings (SSSR count). The molecular weight excluding hydrogens is 448 g/mol. The molecule has 160 valence electrons. The van der Waals surface area contributed by atoms with Gasteiger partial charge in [-0.25, -0.2) is 16.3 Å². The van der Waals surface area contributed by atoms with E-state index in [0.717, 1.165) is 28.8 Å². The molecule has 0 radical (unpaired) electrons. The molecule has 7 nitrogen and oxygen atoms in total. The first kappa shape index (κ1) is 22.3. The Balaban J connectivity index is 1.48. The summed E-state index contributed by atoms with van der Waals surface area (Å²) < 4.78 is 6.56. The van der Waals surface area contributed by atoms with Crippen molar-refractivity contribution in [3.05, 3.63) is 58.1 Å². The highest BCUT2D eigenvalue weighted by Crippen LogP contribution is 2.24. The van der Waals surface area contributed by atoms with Gasteiger partial charge in [0.15, 0.2) is 0 Å². The maximum atomic E-state index is 12.4. The quantitative estimate of drug-likeness (QED) is 0.252. The van der Waals surface area contributed by atoms with Gasteiger partial charge in [0.2, 0.25) is 0 Å². The number of phenols is 1. The van der Waals surface area contributed by atoms with Crippen molar-refractivity contribution in [1.29, 1.82) is 0 Å². The van der Waals surface area contributed by atoms with Crippen LogP contribution in [-0.4, -0.2) is 29.9 Å². The zero-order chi connectivity index (χ0) is 21.3. The van der Waals surface area contributed by atoms with Crippen LogP contribution in [0.3, 0.4) is 0 Å². The lowest BCUT2D eigenvalue weighted by molar-refractivity contribution is -0.122. The maximum Gasteiger partial charge on any atom is 0.258 e. The molecule has 1 aliphatic rings. The molecular formula is C22H27BrN4O3. The molecule has 1 amide bonds. The molecule has 30 heavy (non-hydrogen) atoms. The third kappa shape index (κ3) is 6.29. The molecule has 0 saturated carbocycles. The largest absolute Gasteiger partial charge is 0.507 e. The molecule has 0 bridgehead atoms. The van der Waals surface area contributed by atoms with Gasteiger partial charge in [-0.05, 0) is 48.7 Å². The fraction of sp³-hybridized carbons (Fsp3) is 0.364. The summed E-state index contributed by atoms with van der Waals surface area (Å²) in [6.45, 7) is 2.90. The number of hydrazine groups is 1. The number of halogens is 1. The number of hydrogen-bond acceptors (Lipinski definition) is 6. The van der Waals surface area contributed by atoms with Crippen molar-refractivity contribution in [1.82, 2.24) is 16.3 Å². The van der Waals surface area contributed by atoms with E-state index in [-0.39, 0.29) is 17.7 Å². The van der Waals surface area contributed by atoms with E-state index in [9.17, 15) is 9.90 Å². The Kier molecular flexibility index (Phi) is 8.24. The molecule has 1 aliphatic heterocycles. The molecule has 2 unspecified atom stereocenters. The van der Waals surface area contributed by atoms with Crippen molar-refractivity contribution >= 4 is 28.1 Å². The highest BCUT2D eigenvalue weighted by Gasteiger charge is 2.30. The van der Waals surface area contributed by atoms with Crippen molar-refractivity contribution in [3.8, 4) is 11.5 Å². The van der Waals surface area contributed by atoms with Crippen molar-refractivity contribution in [3.63, 3.8) is 0 Å². The number of unbranched alkanes of at least 4 members (excludes halogenated alkanes) is 2. The molecule has 4 N–H and O–H groups in total. The predicted octanol–water partition coefficient (Wildman–Crippen LogP) is 3.78. The number of carbonyl (C=O) groups excluding carboxylic acids is 1. The number of nitrogens with zero attached hydrogens (tertiary/aromatic N) is 1. The van der Waals surface area contributed by atoms with Gasteiger partial charge in [-0.2, -0.15) is 5.10 Å². The molecule has 2 aromatic carbocycles. The average Bonchev–Trinajstić information content (AvgIpc) is 3.24. The summed E-state index contributed by atoms with van der Waals surface area (Å²) in [5.74, 6) is 0.710. The molecule has 1 fully saturated rings. The number of phenolic OH excluding ortho intramolecular Hbond substituents is 1. The monoisotopic (exact) mass is 474 g/mol. The van der Waals surface area contributed by atoms with Crippen LogP contribution in [0.2, 0.25) is 0 Å². The van der Waals surface area contributed by atoms with Crippen molar-refractivity contribution in [2.24, 2.45) is 5.10 Å². The fourth-order valence-corrected chi connectivity index (χ4v) is 3.54. The van der Waals surface area contributed by atoms with E-state index in [4.69, 9.17) is 4.74 Å². The Labute approximate surface area is 185 Å². The number of amides is 1. The molecule has 2 atom stereocenters. The van der Waals surface area contributed by atoms with E-state index in [1.807, 2.05) is 24.3 Å². The summed E-state index contributed by atoms with van der Waals surface area (Å²) in [5, 5.41) is 13.8. The Morgan fingerprint density at radius 2 is 2.07 bits per heavy atom. The standard InChI is InChI=1S/C22H27BrN4O3/c1-2-3-4-11-30-18-8-5-15(6-9-18)19-13-20(26-25-19)22(29)27-24-14-16-12-17(23)7-10-21(16)28/h5-10,12,14,19-20,25-26,28H,2-4,11,13H2,1H3,(H,27,29)/b24-14+. The smallest absolute Gasteiger partial charge is 0.258 e. The van der Waals surface area contributed by atoms with Crippen LogP contribution in [0, 0.1) is 0 Å². The van der Waals surface area contributed by atoms with Crippen LogP contribution in [0.25, 0.3) is 0 Å². The van der Waals surface area contributed by atoms with Gasteiger partial charge in [-0.3, -0.25) is 4.79 Å². The lowest BCUT2D eigenvalue weighted by Gasteiger charge is -2.11. The maximum absolute atomic E-state index is 12.4. The fourth-order valence-electron chi connectivity index (χ4n) is 3.16. The summed E-state index contributed by atoms with van der Waals surface area (Å²) in [6, 6.07) is 12.6. The van der Waals surface area contributed by atoms with Gasteiger partial charge in [0, 0.05) is 16.1 Å². The van der Waals surface area contributed by atoms with Crippen LogP contribution in [0.5, 0.6) is 11.5 Å². The average molecular weight is 475 g/mol. The molecule has 1 heterocycles. The normalized spacial score (nSPS) is 18.6. The summed E-state index contributed by atoms with van der Waals surface area (Å²) in [7, 11) is 0. The van der Waals surface area contributed by atoms with Gasteiger partial charge in [0.05, 0.1) is 12.8 Å². The topological polar surface area (TPSA) is 95.0 Å². The zero-order valence-corrected chi connectivity index (χ0v) is 18.5. The molecule has 0 aliphatic carbocycles. The highest BCUT2D eigenvalue weighted by atomic mass is 79.9. The van der Waals surface area contributed by atoms with E-state index >= 15 is 0 Å². The van der Waals surface area contributed by atoms with Crippen LogP contribution >= 0.6 is 15.9 Å². The van der Waals surface area contributed by atoms with Gasteiger partial charge >= 0.3 is 0 Å².